The van der Waals surface area contributed by atoms with E-state index in [1.807, 2.05) is 19.1 Å². The molecule has 1 fully saturated rings. The van der Waals surface area contributed by atoms with E-state index in [-0.39, 0.29) is 30.9 Å². The first-order chi connectivity index (χ1) is 11.9. The maximum Gasteiger partial charge on any atom is 0.227 e. The van der Waals surface area contributed by atoms with E-state index in [9.17, 15) is 0 Å². The fourth-order valence-corrected chi connectivity index (χ4v) is 3.58. The van der Waals surface area contributed by atoms with E-state index >= 15 is 0 Å². The van der Waals surface area contributed by atoms with E-state index < -0.39 is 0 Å². The summed E-state index contributed by atoms with van der Waals surface area (Å²) in [6.07, 6.45) is 1.63. The molecule has 1 aromatic carbocycles. The molecule has 0 saturated carbocycles. The molecule has 1 saturated heterocycles. The molecule has 2 heterocycles. The van der Waals surface area contributed by atoms with Crippen LogP contribution in [-0.2, 0) is 0 Å². The van der Waals surface area contributed by atoms with Crippen LogP contribution >= 0.6 is 59.6 Å². The van der Waals surface area contributed by atoms with Crippen LogP contribution in [0.4, 0.5) is 11.8 Å². The molecule has 0 radical (unpaired) electrons. The average molecular weight is 474 g/mol. The van der Waals surface area contributed by atoms with Crippen molar-refractivity contribution in [3.63, 3.8) is 0 Å². The normalized spacial score (nSPS) is 17.5. The first kappa shape index (κ1) is 24.3. The van der Waals surface area contributed by atoms with Crippen LogP contribution < -0.4 is 15.5 Å². The van der Waals surface area contributed by atoms with Crippen LogP contribution in [0.2, 0.25) is 15.1 Å². The third kappa shape index (κ3) is 6.14. The van der Waals surface area contributed by atoms with Crippen molar-refractivity contribution in [3.8, 4) is 0 Å². The van der Waals surface area contributed by atoms with Gasteiger partial charge < -0.3 is 15.5 Å². The first-order valence-electron chi connectivity index (χ1n) is 8.16. The number of benzene rings is 1. The van der Waals surface area contributed by atoms with E-state index in [1.165, 1.54) is 0 Å². The van der Waals surface area contributed by atoms with E-state index in [4.69, 9.17) is 34.8 Å². The van der Waals surface area contributed by atoms with Crippen LogP contribution in [0.15, 0.2) is 24.4 Å². The number of rotatable bonds is 4. The van der Waals surface area contributed by atoms with Crippen LogP contribution in [0.3, 0.4) is 0 Å². The highest BCUT2D eigenvalue weighted by Crippen LogP contribution is 2.30. The highest BCUT2D eigenvalue weighted by atomic mass is 35.5. The van der Waals surface area contributed by atoms with Gasteiger partial charge in [0.2, 0.25) is 5.95 Å². The lowest BCUT2D eigenvalue weighted by atomic mass is 10.1. The zero-order valence-corrected chi connectivity index (χ0v) is 18.8. The summed E-state index contributed by atoms with van der Waals surface area (Å²) in [6, 6.07) is 5.77. The van der Waals surface area contributed by atoms with Gasteiger partial charge in [0.15, 0.2) is 5.82 Å². The predicted molar refractivity (Wildman–Crippen MR) is 120 cm³/mol. The van der Waals surface area contributed by atoms with Gasteiger partial charge >= 0.3 is 0 Å². The molecule has 27 heavy (non-hydrogen) atoms. The number of hydrogen-bond donors (Lipinski definition) is 2. The Morgan fingerprint density at radius 1 is 1.22 bits per heavy atom. The molecule has 0 bridgehead atoms. The molecule has 0 amide bonds. The van der Waals surface area contributed by atoms with Crippen molar-refractivity contribution in [2.75, 3.05) is 29.9 Å². The topological polar surface area (TPSA) is 53.1 Å². The first-order valence-corrected chi connectivity index (χ1v) is 9.30. The lowest BCUT2D eigenvalue weighted by Crippen LogP contribution is -2.49. The molecule has 1 aliphatic rings. The largest absolute Gasteiger partial charge is 0.362 e. The van der Waals surface area contributed by atoms with Gasteiger partial charge in [-0.25, -0.2) is 4.98 Å². The number of anilines is 2. The summed E-state index contributed by atoms with van der Waals surface area (Å²) < 4.78 is 0. The predicted octanol–water partition coefficient (Wildman–Crippen LogP) is 5.25. The van der Waals surface area contributed by atoms with Gasteiger partial charge in [-0.15, -0.1) is 24.8 Å². The third-order valence-electron chi connectivity index (χ3n) is 4.17. The molecule has 3 rings (SSSR count). The highest BCUT2D eigenvalue weighted by molar-refractivity contribution is 6.35. The molecule has 2 aromatic rings. The van der Waals surface area contributed by atoms with Crippen LogP contribution in [0.5, 0.6) is 0 Å². The standard InChI is InChI=1S/C17H20Cl3N5.2ClH/c1-10-9-25(6-5-21-10)17-22-8-15(20)16(24-17)23-11(2)13-4-3-12(18)7-14(13)19;;/h3-4,7-8,10-11,21H,5-6,9H2,1-2H3,(H,22,23,24);2*1H/t10-,11-;;/m1../s1. The minimum Gasteiger partial charge on any atom is -0.362 e. The molecule has 0 unspecified atom stereocenters. The minimum absolute atomic E-state index is 0. The highest BCUT2D eigenvalue weighted by Gasteiger charge is 2.20. The second kappa shape index (κ2) is 10.7. The van der Waals surface area contributed by atoms with Crippen molar-refractivity contribution in [2.45, 2.75) is 25.9 Å². The lowest BCUT2D eigenvalue weighted by Gasteiger charge is -2.32. The van der Waals surface area contributed by atoms with E-state index in [1.54, 1.807) is 12.3 Å². The van der Waals surface area contributed by atoms with E-state index in [0.717, 1.165) is 25.2 Å². The number of aromatic nitrogens is 2. The fourth-order valence-electron chi connectivity index (χ4n) is 2.86. The summed E-state index contributed by atoms with van der Waals surface area (Å²) in [4.78, 5) is 11.2. The van der Waals surface area contributed by atoms with Gasteiger partial charge in [-0.1, -0.05) is 40.9 Å². The molecule has 5 nitrogen and oxygen atoms in total. The molecular weight excluding hydrogens is 451 g/mol. The van der Waals surface area contributed by atoms with Gasteiger partial charge in [0.25, 0.3) is 0 Å². The Bertz CT molecular complexity index is 760. The Morgan fingerprint density at radius 2 is 1.96 bits per heavy atom. The molecule has 2 N–H and O–H groups in total. The summed E-state index contributed by atoms with van der Waals surface area (Å²) in [5.41, 5.74) is 0.929. The van der Waals surface area contributed by atoms with Crippen LogP contribution in [0.25, 0.3) is 0 Å². The van der Waals surface area contributed by atoms with Gasteiger partial charge in [0, 0.05) is 35.7 Å². The maximum atomic E-state index is 6.29. The van der Waals surface area contributed by atoms with E-state index in [2.05, 4.69) is 32.4 Å². The monoisotopic (exact) mass is 471 g/mol. The zero-order valence-electron chi connectivity index (χ0n) is 14.9. The third-order valence-corrected chi connectivity index (χ3v) is 5.00. The number of nitrogens with one attached hydrogen (secondary N) is 2. The summed E-state index contributed by atoms with van der Waals surface area (Å²) in [5.74, 6) is 1.27. The summed E-state index contributed by atoms with van der Waals surface area (Å²) >= 11 is 18.6. The second-order valence-corrected chi connectivity index (χ2v) is 7.45. The van der Waals surface area contributed by atoms with Crippen molar-refractivity contribution in [2.24, 2.45) is 0 Å². The molecule has 1 aliphatic heterocycles. The molecule has 2 atom stereocenters. The number of piperazine rings is 1. The van der Waals surface area contributed by atoms with Crippen LogP contribution in [0, 0.1) is 0 Å². The minimum atomic E-state index is -0.0769. The van der Waals surface area contributed by atoms with Crippen LogP contribution in [-0.4, -0.2) is 35.6 Å². The van der Waals surface area contributed by atoms with Gasteiger partial charge in [-0.05, 0) is 31.5 Å². The lowest BCUT2D eigenvalue weighted by molar-refractivity contribution is 0.479. The van der Waals surface area contributed by atoms with Crippen molar-refractivity contribution >= 4 is 71.4 Å². The Labute approximate surface area is 187 Å². The number of nitrogens with zero attached hydrogens (tertiary/aromatic N) is 3. The van der Waals surface area contributed by atoms with Crippen molar-refractivity contribution in [3.05, 3.63) is 45.0 Å². The van der Waals surface area contributed by atoms with Crippen molar-refractivity contribution in [1.29, 1.82) is 0 Å². The van der Waals surface area contributed by atoms with E-state index in [0.29, 0.717) is 32.9 Å². The molecule has 1 aromatic heterocycles. The number of hydrogen-bond acceptors (Lipinski definition) is 5. The van der Waals surface area contributed by atoms with Crippen LogP contribution in [0.1, 0.15) is 25.5 Å². The van der Waals surface area contributed by atoms with Gasteiger partial charge in [0.05, 0.1) is 12.2 Å². The van der Waals surface area contributed by atoms with Gasteiger partial charge in [-0.2, -0.15) is 4.98 Å². The average Bonchev–Trinajstić information content (AvgIpc) is 2.56. The van der Waals surface area contributed by atoms with Crippen molar-refractivity contribution < 1.29 is 0 Å². The van der Waals surface area contributed by atoms with Gasteiger partial charge in [-0.3, -0.25) is 0 Å². The quantitative estimate of drug-likeness (QED) is 0.635. The zero-order chi connectivity index (χ0) is 18.0. The molecular formula is C17H22Cl5N5. The molecule has 10 heteroatoms. The summed E-state index contributed by atoms with van der Waals surface area (Å²) in [5, 5.41) is 8.42. The Kier molecular flexibility index (Phi) is 9.69. The number of halogens is 5. The fraction of sp³-hybridized carbons (Fsp3) is 0.412. The summed E-state index contributed by atoms with van der Waals surface area (Å²) in [6.45, 7) is 6.78. The summed E-state index contributed by atoms with van der Waals surface area (Å²) in [7, 11) is 0. The SMILES string of the molecule is C[C@@H]1CN(c2ncc(Cl)c(N[C@H](C)c3ccc(Cl)cc3Cl)n2)CCN1.Cl.Cl. The smallest absolute Gasteiger partial charge is 0.227 e. The molecule has 0 spiro atoms. The Morgan fingerprint density at radius 3 is 2.63 bits per heavy atom. The molecule has 150 valence electrons. The Hall–Kier alpha value is -0.690. The maximum absolute atomic E-state index is 6.29. The second-order valence-electron chi connectivity index (χ2n) is 6.20. The van der Waals surface area contributed by atoms with Crippen molar-refractivity contribution in [1.82, 2.24) is 15.3 Å². The van der Waals surface area contributed by atoms with Gasteiger partial charge in [0.1, 0.15) is 5.02 Å². The molecule has 0 aliphatic carbocycles. The Balaban J connectivity index is 0.00000182.